The highest BCUT2D eigenvalue weighted by molar-refractivity contribution is 6.42. The van der Waals surface area contributed by atoms with Crippen molar-refractivity contribution in [1.29, 1.82) is 0 Å². The number of amides is 2. The fraction of sp³-hybridized carbons (Fsp3) is 0.232. The van der Waals surface area contributed by atoms with E-state index in [9.17, 15) is 19.5 Å². The van der Waals surface area contributed by atoms with E-state index in [4.69, 9.17) is 0 Å². The van der Waals surface area contributed by atoms with Crippen molar-refractivity contribution in [2.24, 2.45) is 5.41 Å². The number of carbonyl (C=O) groups is 3. The van der Waals surface area contributed by atoms with Gasteiger partial charge in [0.15, 0.2) is 0 Å². The van der Waals surface area contributed by atoms with Crippen molar-refractivity contribution in [3.63, 3.8) is 0 Å². The predicted molar refractivity (Wildman–Crippen MR) is 256 cm³/mol. The molecular weight excluding hydrogens is 765 g/mol. The number of nitrogens with zero attached hydrogens (tertiary/aromatic N) is 2. The van der Waals surface area contributed by atoms with Gasteiger partial charge in [-0.05, 0) is 146 Å². The van der Waals surface area contributed by atoms with Crippen molar-refractivity contribution in [2.45, 2.75) is 79.1 Å². The summed E-state index contributed by atoms with van der Waals surface area (Å²) in [6.45, 7) is 22.4. The van der Waals surface area contributed by atoms with Gasteiger partial charge in [-0.25, -0.2) is 9.69 Å². The molecule has 0 aliphatic carbocycles. The Morgan fingerprint density at radius 3 is 1.58 bits per heavy atom. The minimum atomic E-state index is -1.08. The Kier molecular flexibility index (Phi) is 9.44. The molecule has 0 spiro atoms. The van der Waals surface area contributed by atoms with Crippen LogP contribution < -0.4 is 9.80 Å². The van der Waals surface area contributed by atoms with Crippen molar-refractivity contribution in [2.75, 3.05) is 9.80 Å². The second kappa shape index (κ2) is 14.4. The Balaban J connectivity index is 1.22. The standard InChI is InChI=1S/C56H52N2O4/c1-33(2)31-55(6,7)35-15-21-37(22-16-35)57(38-23-17-36(18-24-38)56(8,9)32-54(3,4)5)47-30-29-41-43-26-28-46-50-45(27-25-42(49(43)50)40-11-10-12-44(47)48(40)41)51(59)58(52(46)60)39-19-13-34(14-20-39)53(61)62/h10-30H,1,31-32H2,2-9H3,(H,61,62). The van der Waals surface area contributed by atoms with Crippen molar-refractivity contribution in [3.8, 4) is 0 Å². The molecule has 0 radical (unpaired) electrons. The van der Waals surface area contributed by atoms with Crippen LogP contribution >= 0.6 is 0 Å². The minimum absolute atomic E-state index is 0.00589. The lowest BCUT2D eigenvalue weighted by molar-refractivity contribution is 0.0696. The molecule has 0 fully saturated rings. The molecule has 6 heteroatoms. The van der Waals surface area contributed by atoms with Crippen molar-refractivity contribution < 1.29 is 19.5 Å². The summed E-state index contributed by atoms with van der Waals surface area (Å²) in [4.78, 5) is 43.5. The van der Waals surface area contributed by atoms with E-state index in [0.717, 1.165) is 78.1 Å². The number of fused-ring (bicyclic) bond motifs is 2. The molecule has 1 aliphatic heterocycles. The Morgan fingerprint density at radius 2 is 1.06 bits per heavy atom. The van der Waals surface area contributed by atoms with E-state index in [1.807, 2.05) is 24.3 Å². The first-order valence-corrected chi connectivity index (χ1v) is 21.4. The topological polar surface area (TPSA) is 77.9 Å². The van der Waals surface area contributed by atoms with Gasteiger partial charge in [0, 0.05) is 33.3 Å². The molecule has 9 rings (SSSR count). The zero-order valence-corrected chi connectivity index (χ0v) is 36.8. The number of imide groups is 1. The van der Waals surface area contributed by atoms with Gasteiger partial charge in [-0.2, -0.15) is 0 Å². The number of aromatic carboxylic acids is 1. The summed E-state index contributed by atoms with van der Waals surface area (Å²) in [6, 6.07) is 42.4. The SMILES string of the molecule is C=C(C)CC(C)(C)c1ccc(N(c2ccc(C(C)(C)CC(C)(C)C)cc2)c2ccc3c4ccc5c6c(ccc(c7cccc2c73)c64)C(=O)N(c2ccc(C(=O)O)cc2)C5=O)cc1. The van der Waals surface area contributed by atoms with Crippen LogP contribution in [0.2, 0.25) is 0 Å². The molecule has 8 aromatic carbocycles. The maximum absolute atomic E-state index is 14.2. The van der Waals surface area contributed by atoms with Gasteiger partial charge in [-0.3, -0.25) is 9.59 Å². The lowest BCUT2D eigenvalue weighted by Gasteiger charge is -2.34. The number of carboxylic acids is 1. The lowest BCUT2D eigenvalue weighted by Crippen LogP contribution is -2.40. The molecule has 1 aliphatic rings. The molecule has 0 unspecified atom stereocenters. The van der Waals surface area contributed by atoms with Gasteiger partial charge in [0.05, 0.1) is 16.9 Å². The van der Waals surface area contributed by atoms with Crippen LogP contribution in [-0.4, -0.2) is 22.9 Å². The molecule has 6 nitrogen and oxygen atoms in total. The molecule has 0 atom stereocenters. The molecule has 0 saturated carbocycles. The van der Waals surface area contributed by atoms with Crippen LogP contribution in [0.25, 0.3) is 43.1 Å². The van der Waals surface area contributed by atoms with E-state index in [2.05, 4.69) is 146 Å². The minimum Gasteiger partial charge on any atom is -0.478 e. The van der Waals surface area contributed by atoms with Crippen LogP contribution in [-0.2, 0) is 10.8 Å². The molecule has 0 saturated heterocycles. The van der Waals surface area contributed by atoms with E-state index in [0.29, 0.717) is 22.2 Å². The molecule has 8 aromatic rings. The Bertz CT molecular complexity index is 3060. The summed E-state index contributed by atoms with van der Waals surface area (Å²) in [6.07, 6.45) is 1.95. The van der Waals surface area contributed by atoms with Crippen LogP contribution in [0.4, 0.5) is 22.7 Å². The first-order chi connectivity index (χ1) is 29.3. The van der Waals surface area contributed by atoms with Crippen molar-refractivity contribution >= 4 is 83.6 Å². The summed E-state index contributed by atoms with van der Waals surface area (Å²) in [5.41, 5.74) is 8.26. The van der Waals surface area contributed by atoms with Gasteiger partial charge in [0.25, 0.3) is 11.8 Å². The molecule has 2 amide bonds. The highest BCUT2D eigenvalue weighted by Gasteiger charge is 2.36. The fourth-order valence-corrected chi connectivity index (χ4v) is 10.5. The number of carbonyl (C=O) groups excluding carboxylic acids is 2. The summed E-state index contributed by atoms with van der Waals surface area (Å²) in [7, 11) is 0. The number of rotatable bonds is 10. The second-order valence-corrected chi connectivity index (χ2v) is 19.8. The number of anilines is 4. The molecule has 1 heterocycles. The van der Waals surface area contributed by atoms with Crippen molar-refractivity contribution in [3.05, 3.63) is 167 Å². The van der Waals surface area contributed by atoms with E-state index >= 15 is 0 Å². The van der Waals surface area contributed by atoms with Crippen molar-refractivity contribution in [1.82, 2.24) is 0 Å². The molecule has 310 valence electrons. The van der Waals surface area contributed by atoms with Crippen LogP contribution in [0.15, 0.2) is 140 Å². The maximum atomic E-state index is 14.2. The number of allylic oxidation sites excluding steroid dienone is 1. The number of hydrogen-bond acceptors (Lipinski definition) is 4. The maximum Gasteiger partial charge on any atom is 0.335 e. The van der Waals surface area contributed by atoms with Gasteiger partial charge < -0.3 is 10.0 Å². The fourth-order valence-electron chi connectivity index (χ4n) is 10.5. The number of benzene rings is 8. The quantitative estimate of drug-likeness (QED) is 0.0644. The smallest absolute Gasteiger partial charge is 0.335 e. The van der Waals surface area contributed by atoms with Gasteiger partial charge in [0.2, 0.25) is 0 Å². The van der Waals surface area contributed by atoms with Crippen LogP contribution in [0.3, 0.4) is 0 Å². The summed E-state index contributed by atoms with van der Waals surface area (Å²) in [5, 5.41) is 17.2. The number of carboxylic acid groups (broad SMARTS) is 1. The Hall–Kier alpha value is -6.79. The number of hydrogen-bond donors (Lipinski definition) is 1. The van der Waals surface area contributed by atoms with Crippen LogP contribution in [0.1, 0.15) is 110 Å². The van der Waals surface area contributed by atoms with Crippen LogP contribution in [0, 0.1) is 5.41 Å². The third-order valence-corrected chi connectivity index (χ3v) is 12.8. The summed E-state index contributed by atoms with van der Waals surface area (Å²) < 4.78 is 0. The lowest BCUT2D eigenvalue weighted by atomic mass is 9.72. The van der Waals surface area contributed by atoms with Gasteiger partial charge in [-0.1, -0.05) is 115 Å². The molecular formula is C56H52N2O4. The average Bonchev–Trinajstić information content (AvgIpc) is 3.22. The van der Waals surface area contributed by atoms with E-state index in [1.54, 1.807) is 0 Å². The zero-order chi connectivity index (χ0) is 44.0. The summed E-state index contributed by atoms with van der Waals surface area (Å²) in [5.74, 6) is -1.96. The van der Waals surface area contributed by atoms with E-state index in [1.165, 1.54) is 35.4 Å². The normalized spacial score (nSPS) is 13.5. The monoisotopic (exact) mass is 816 g/mol. The largest absolute Gasteiger partial charge is 0.478 e. The third-order valence-electron chi connectivity index (χ3n) is 12.8. The Morgan fingerprint density at radius 1 is 0.581 bits per heavy atom. The summed E-state index contributed by atoms with van der Waals surface area (Å²) >= 11 is 0. The first-order valence-electron chi connectivity index (χ1n) is 21.4. The van der Waals surface area contributed by atoms with Gasteiger partial charge in [0.1, 0.15) is 0 Å². The zero-order valence-electron chi connectivity index (χ0n) is 36.8. The second-order valence-electron chi connectivity index (χ2n) is 19.8. The van der Waals surface area contributed by atoms with Crippen LogP contribution in [0.5, 0.6) is 0 Å². The highest BCUT2D eigenvalue weighted by atomic mass is 16.4. The van der Waals surface area contributed by atoms with Gasteiger partial charge in [-0.15, -0.1) is 6.58 Å². The van der Waals surface area contributed by atoms with E-state index in [-0.39, 0.29) is 21.8 Å². The van der Waals surface area contributed by atoms with E-state index < -0.39 is 17.8 Å². The first kappa shape index (κ1) is 40.6. The molecule has 0 aromatic heterocycles. The molecule has 0 bridgehead atoms. The molecule has 1 N–H and O–H groups in total. The van der Waals surface area contributed by atoms with Gasteiger partial charge >= 0.3 is 5.97 Å². The average molecular weight is 817 g/mol. The molecule has 62 heavy (non-hydrogen) atoms. The highest BCUT2D eigenvalue weighted by Crippen LogP contribution is 2.49. The third kappa shape index (κ3) is 6.69. The Labute approximate surface area is 363 Å². The predicted octanol–water partition coefficient (Wildman–Crippen LogP) is 14.7.